The predicted molar refractivity (Wildman–Crippen MR) is 117 cm³/mol. The normalized spacial score (nSPS) is 10.7. The van der Waals surface area contributed by atoms with Crippen molar-refractivity contribution >= 4 is 40.3 Å². The lowest BCUT2D eigenvalue weighted by Gasteiger charge is -2.11. The fraction of sp³-hybridized carbons (Fsp3) is 0.0526. The molecule has 4 aromatic rings. The number of rotatable bonds is 6. The smallest absolute Gasteiger partial charge is 0.272 e. The first-order valence-corrected chi connectivity index (χ1v) is 10.4. The van der Waals surface area contributed by atoms with E-state index >= 15 is 0 Å². The number of halogens is 1. The Bertz CT molecular complexity index is 1130. The first kappa shape index (κ1) is 19.5. The van der Waals surface area contributed by atoms with Crippen LogP contribution in [0.4, 0.5) is 0 Å². The Balaban J connectivity index is 1.65. The summed E-state index contributed by atoms with van der Waals surface area (Å²) in [5.41, 5.74) is 3.02. The van der Waals surface area contributed by atoms with Gasteiger partial charge in [-0.05, 0) is 65.1 Å². The number of amides is 1. The number of aromatic nitrogens is 5. The van der Waals surface area contributed by atoms with Crippen LogP contribution in [0.3, 0.4) is 0 Å². The molecule has 0 saturated heterocycles. The van der Waals surface area contributed by atoms with E-state index in [0.717, 1.165) is 18.5 Å². The van der Waals surface area contributed by atoms with E-state index in [1.165, 1.54) is 24.2 Å². The summed E-state index contributed by atoms with van der Waals surface area (Å²) in [5.74, 6) is 0.879. The Morgan fingerprint density at radius 1 is 1.07 bits per heavy atom. The van der Waals surface area contributed by atoms with Crippen LogP contribution in [-0.4, -0.2) is 30.6 Å². The van der Waals surface area contributed by atoms with E-state index in [2.05, 4.69) is 43.2 Å². The van der Waals surface area contributed by atoms with Crippen molar-refractivity contribution in [2.24, 2.45) is 7.05 Å². The third kappa shape index (κ3) is 4.95. The van der Waals surface area contributed by atoms with Gasteiger partial charge < -0.3 is 9.30 Å². The van der Waals surface area contributed by atoms with Crippen LogP contribution >= 0.6 is 34.4 Å². The first-order chi connectivity index (χ1) is 14.1. The summed E-state index contributed by atoms with van der Waals surface area (Å²) >= 11 is 3.68. The van der Waals surface area contributed by atoms with E-state index in [0.29, 0.717) is 17.1 Å². The predicted octanol–water partition coefficient (Wildman–Crippen LogP) is 3.94. The van der Waals surface area contributed by atoms with Crippen molar-refractivity contribution < 1.29 is 9.53 Å². The highest BCUT2D eigenvalue weighted by Gasteiger charge is 2.13. The van der Waals surface area contributed by atoms with Gasteiger partial charge in [-0.25, -0.2) is 10.4 Å². The van der Waals surface area contributed by atoms with Crippen LogP contribution in [0, 0.1) is 3.57 Å². The molecule has 0 fully saturated rings. The third-order valence-electron chi connectivity index (χ3n) is 3.80. The van der Waals surface area contributed by atoms with Crippen LogP contribution in [-0.2, 0) is 7.05 Å². The molecule has 1 amide bonds. The fourth-order valence-corrected chi connectivity index (χ4v) is 3.69. The molecule has 1 N–H and O–H groups in total. The molecule has 2 aromatic heterocycles. The maximum Gasteiger partial charge on any atom is 0.272 e. The van der Waals surface area contributed by atoms with E-state index in [-0.39, 0.29) is 5.91 Å². The zero-order valence-corrected chi connectivity index (χ0v) is 18.2. The molecule has 0 aliphatic heterocycles. The number of imidazole rings is 1. The fourth-order valence-electron chi connectivity index (χ4n) is 2.44. The molecule has 0 saturated carbocycles. The second kappa shape index (κ2) is 8.66. The van der Waals surface area contributed by atoms with Crippen LogP contribution < -0.4 is 10.2 Å². The highest BCUT2D eigenvalue weighted by Crippen LogP contribution is 2.32. The molecule has 0 bridgehead atoms. The lowest BCUT2D eigenvalue weighted by atomic mass is 10.2. The average molecular weight is 518 g/mol. The van der Waals surface area contributed by atoms with Gasteiger partial charge in [0.25, 0.3) is 5.91 Å². The van der Waals surface area contributed by atoms with Crippen LogP contribution in [0.1, 0.15) is 10.4 Å². The Morgan fingerprint density at radius 3 is 2.52 bits per heavy atom. The summed E-state index contributed by atoms with van der Waals surface area (Å²) in [6, 6.07) is 13.0. The number of nitrogens with zero attached hydrogens (tertiary/aromatic N) is 5. The molecule has 2 aromatic carbocycles. The van der Waals surface area contributed by atoms with Gasteiger partial charge in [0.15, 0.2) is 5.16 Å². The molecule has 29 heavy (non-hydrogen) atoms. The van der Waals surface area contributed by atoms with E-state index in [1.807, 2.05) is 48.1 Å². The molecule has 0 unspecified atom stereocenters. The summed E-state index contributed by atoms with van der Waals surface area (Å²) in [7, 11) is 1.91. The minimum absolute atomic E-state index is 0.351. The quantitative estimate of drug-likeness (QED) is 0.390. The van der Waals surface area contributed by atoms with E-state index in [1.54, 1.807) is 18.3 Å². The van der Waals surface area contributed by atoms with E-state index in [9.17, 15) is 4.79 Å². The Morgan fingerprint density at radius 2 is 1.83 bits per heavy atom. The molecule has 146 valence electrons. The van der Waals surface area contributed by atoms with E-state index < -0.39 is 0 Å². The number of aryl methyl sites for hydroxylation is 1. The summed E-state index contributed by atoms with van der Waals surface area (Å²) in [5, 5.41) is 8.60. The minimum atomic E-state index is -0.351. The molecule has 8 nitrogen and oxygen atoms in total. The number of benzene rings is 2. The van der Waals surface area contributed by atoms with Gasteiger partial charge in [0, 0.05) is 33.5 Å². The molecule has 10 heteroatoms. The summed E-state index contributed by atoms with van der Waals surface area (Å²) in [6.07, 6.45) is 6.56. The van der Waals surface area contributed by atoms with Crippen molar-refractivity contribution in [1.29, 1.82) is 0 Å². The Hall–Kier alpha value is -2.86. The lowest BCUT2D eigenvalue weighted by Crippen LogP contribution is -2.25. The molecule has 0 radical (unpaired) electrons. The molecule has 2 heterocycles. The Kier molecular flexibility index (Phi) is 5.81. The van der Waals surface area contributed by atoms with Gasteiger partial charge in [-0.15, -0.1) is 10.2 Å². The second-order valence-corrected chi connectivity index (χ2v) is 8.22. The number of ether oxygens (including phenoxy) is 1. The van der Waals surface area contributed by atoms with Crippen molar-refractivity contribution in [2.45, 2.75) is 10.1 Å². The highest BCUT2D eigenvalue weighted by atomic mass is 127. The van der Waals surface area contributed by atoms with Crippen molar-refractivity contribution in [3.8, 4) is 11.5 Å². The third-order valence-corrected chi connectivity index (χ3v) is 5.56. The van der Waals surface area contributed by atoms with Gasteiger partial charge in [-0.1, -0.05) is 16.7 Å². The largest absolute Gasteiger partial charge is 0.457 e. The van der Waals surface area contributed by atoms with Gasteiger partial charge >= 0.3 is 0 Å². The zero-order chi connectivity index (χ0) is 20.2. The van der Waals surface area contributed by atoms with E-state index in [4.69, 9.17) is 4.74 Å². The minimum Gasteiger partial charge on any atom is -0.457 e. The van der Waals surface area contributed by atoms with Gasteiger partial charge in [0.05, 0.1) is 12.4 Å². The van der Waals surface area contributed by atoms with Crippen LogP contribution in [0.15, 0.2) is 77.3 Å². The van der Waals surface area contributed by atoms with Crippen molar-refractivity contribution in [1.82, 2.24) is 24.7 Å². The second-order valence-electron chi connectivity index (χ2n) is 5.93. The highest BCUT2D eigenvalue weighted by molar-refractivity contribution is 14.1. The SMILES string of the molecule is Cn1ccnc1Sc1cc(Oc2ccc(I)cc2)cc(C(=O)Nn2nccn2)c1. The first-order valence-electron chi connectivity index (χ1n) is 8.48. The average Bonchev–Trinajstić information content (AvgIpc) is 3.36. The molecular weight excluding hydrogens is 503 g/mol. The van der Waals surface area contributed by atoms with Crippen molar-refractivity contribution in [3.05, 3.63) is 76.4 Å². The van der Waals surface area contributed by atoms with Gasteiger partial charge in [0.2, 0.25) is 0 Å². The van der Waals surface area contributed by atoms with Gasteiger partial charge in [-0.3, -0.25) is 4.79 Å². The number of hydrogen-bond donors (Lipinski definition) is 1. The number of hydrogen-bond acceptors (Lipinski definition) is 6. The molecule has 0 spiro atoms. The maximum atomic E-state index is 12.7. The number of nitrogens with one attached hydrogen (secondary N) is 1. The number of carbonyl (C=O) groups is 1. The van der Waals surface area contributed by atoms with Gasteiger partial charge in [0.1, 0.15) is 11.5 Å². The number of carbonyl (C=O) groups excluding carboxylic acids is 1. The standard InChI is InChI=1S/C19H15IN6O2S/c1-25-9-8-21-19(25)29-17-11-13(18(27)24-26-22-6-7-23-26)10-16(12-17)28-15-4-2-14(20)3-5-15/h2-12H,1H3,(H,24,27). The van der Waals surface area contributed by atoms with Crippen molar-refractivity contribution in [2.75, 3.05) is 5.43 Å². The van der Waals surface area contributed by atoms with Crippen molar-refractivity contribution in [3.63, 3.8) is 0 Å². The topological polar surface area (TPSA) is 86.9 Å². The maximum absolute atomic E-state index is 12.7. The molecule has 0 atom stereocenters. The summed E-state index contributed by atoms with van der Waals surface area (Å²) in [6.45, 7) is 0. The monoisotopic (exact) mass is 518 g/mol. The van der Waals surface area contributed by atoms with Gasteiger partial charge in [-0.2, -0.15) is 0 Å². The summed E-state index contributed by atoms with van der Waals surface area (Å²) < 4.78 is 9.01. The molecular formula is C19H15IN6O2S. The van der Waals surface area contributed by atoms with Crippen LogP contribution in [0.5, 0.6) is 11.5 Å². The Labute approximate surface area is 184 Å². The van der Waals surface area contributed by atoms with Crippen LogP contribution in [0.25, 0.3) is 0 Å². The molecule has 4 rings (SSSR count). The molecule has 0 aliphatic rings. The molecule has 0 aliphatic carbocycles. The lowest BCUT2D eigenvalue weighted by molar-refractivity contribution is 0.100. The van der Waals surface area contributed by atoms with Crippen LogP contribution in [0.2, 0.25) is 0 Å². The summed E-state index contributed by atoms with van der Waals surface area (Å²) in [4.78, 5) is 18.9. The zero-order valence-electron chi connectivity index (χ0n) is 15.2.